The molecule has 1 spiro atoms. The minimum absolute atomic E-state index is 0.00735. The molecule has 2 atom stereocenters. The van der Waals surface area contributed by atoms with Crippen LogP contribution in [0.4, 0.5) is 5.69 Å². The Labute approximate surface area is 298 Å². The lowest BCUT2D eigenvalue weighted by Gasteiger charge is -2.44. The highest BCUT2D eigenvalue weighted by atomic mass is 35.5. The molecule has 1 saturated carbocycles. The van der Waals surface area contributed by atoms with Crippen LogP contribution < -0.4 is 20.9 Å². The van der Waals surface area contributed by atoms with Gasteiger partial charge in [-0.1, -0.05) is 85.5 Å². The molecule has 0 radical (unpaired) electrons. The van der Waals surface area contributed by atoms with Gasteiger partial charge in [0.2, 0.25) is 17.7 Å². The second-order valence-electron chi connectivity index (χ2n) is 14.1. The van der Waals surface area contributed by atoms with Crippen LogP contribution in [-0.2, 0) is 32.1 Å². The van der Waals surface area contributed by atoms with Crippen molar-refractivity contribution < 1.29 is 19.2 Å². The van der Waals surface area contributed by atoms with Crippen molar-refractivity contribution >= 4 is 40.9 Å². The Hall–Kier alpha value is -4.41. The molecule has 262 valence electrons. The first-order valence-corrected chi connectivity index (χ1v) is 18.2. The van der Waals surface area contributed by atoms with Crippen LogP contribution in [0.15, 0.2) is 78.9 Å². The van der Waals surface area contributed by atoms with Crippen LogP contribution in [0.5, 0.6) is 0 Å². The summed E-state index contributed by atoms with van der Waals surface area (Å²) in [4.78, 5) is 61.0. The Morgan fingerprint density at radius 2 is 1.56 bits per heavy atom. The number of piperidine rings is 1. The average molecular weight is 697 g/mol. The van der Waals surface area contributed by atoms with Gasteiger partial charge in [-0.05, 0) is 73.1 Å². The van der Waals surface area contributed by atoms with E-state index in [4.69, 9.17) is 11.6 Å². The van der Waals surface area contributed by atoms with E-state index in [1.165, 1.54) is 12.0 Å². The Bertz CT molecular complexity index is 1700. The first kappa shape index (κ1) is 34.1. The van der Waals surface area contributed by atoms with Crippen LogP contribution in [0.3, 0.4) is 0 Å². The standard InChI is InChI=1S/C39H45ClN6O4/c40-30-17-15-27(16-18-30)35(43-36(48)33-23-28-9-7-8-10-29(28)24-41-33)37(49)44-21-19-39(20-22-44)38(50)45(26-46(39)32-13-5-2-6-14-32)25-34(47)42-31-11-3-1-4-12-31/h2,5-10,13-18,31,33,35,41H,1,3-4,11-12,19-26H2,(H,42,47)(H,43,48)/t33-,35+/m1/s1. The van der Waals surface area contributed by atoms with Gasteiger partial charge in [-0.2, -0.15) is 0 Å². The summed E-state index contributed by atoms with van der Waals surface area (Å²) in [5.41, 5.74) is 2.94. The Balaban J connectivity index is 1.07. The van der Waals surface area contributed by atoms with Crippen LogP contribution in [0.1, 0.15) is 67.7 Å². The van der Waals surface area contributed by atoms with Gasteiger partial charge in [0.15, 0.2) is 0 Å². The van der Waals surface area contributed by atoms with Gasteiger partial charge in [0.25, 0.3) is 5.91 Å². The number of likely N-dealkylation sites (tertiary alicyclic amines) is 1. The summed E-state index contributed by atoms with van der Waals surface area (Å²) in [6, 6.07) is 23.6. The van der Waals surface area contributed by atoms with Gasteiger partial charge in [-0.25, -0.2) is 0 Å². The quantitative estimate of drug-likeness (QED) is 0.323. The smallest absolute Gasteiger partial charge is 0.250 e. The molecule has 3 heterocycles. The number of benzene rings is 3. The van der Waals surface area contributed by atoms with Gasteiger partial charge >= 0.3 is 0 Å². The molecular formula is C39H45ClN6O4. The second-order valence-corrected chi connectivity index (χ2v) is 14.5. The number of anilines is 1. The van der Waals surface area contributed by atoms with E-state index in [1.54, 1.807) is 34.1 Å². The van der Waals surface area contributed by atoms with Gasteiger partial charge < -0.3 is 30.7 Å². The number of hydrogen-bond donors (Lipinski definition) is 3. The number of rotatable bonds is 8. The Kier molecular flexibility index (Phi) is 10.1. The number of nitrogens with one attached hydrogen (secondary N) is 3. The number of para-hydroxylation sites is 1. The maximum Gasteiger partial charge on any atom is 0.250 e. The fourth-order valence-corrected chi connectivity index (χ4v) is 8.25. The van der Waals surface area contributed by atoms with E-state index in [9.17, 15) is 19.2 Å². The van der Waals surface area contributed by atoms with Gasteiger partial charge in [-0.3, -0.25) is 19.2 Å². The average Bonchev–Trinajstić information content (AvgIpc) is 3.40. The van der Waals surface area contributed by atoms with E-state index < -0.39 is 17.6 Å². The van der Waals surface area contributed by atoms with Crippen LogP contribution >= 0.6 is 11.6 Å². The number of halogens is 1. The zero-order chi connectivity index (χ0) is 34.7. The number of hydrogen-bond acceptors (Lipinski definition) is 6. The summed E-state index contributed by atoms with van der Waals surface area (Å²) in [5.74, 6) is -0.685. The third kappa shape index (κ3) is 7.09. The molecule has 4 aliphatic rings. The van der Waals surface area contributed by atoms with Gasteiger partial charge in [0.1, 0.15) is 18.1 Å². The molecule has 11 heteroatoms. The van der Waals surface area contributed by atoms with Crippen molar-refractivity contribution in [2.24, 2.45) is 0 Å². The first-order valence-electron chi connectivity index (χ1n) is 17.9. The molecule has 3 aromatic rings. The van der Waals surface area contributed by atoms with Crippen LogP contribution in [0.2, 0.25) is 5.02 Å². The van der Waals surface area contributed by atoms with E-state index in [-0.39, 0.29) is 36.2 Å². The summed E-state index contributed by atoms with van der Waals surface area (Å²) in [6.07, 6.45) is 6.71. The molecule has 0 unspecified atom stereocenters. The minimum atomic E-state index is -0.919. The topological polar surface area (TPSA) is 114 Å². The molecule has 3 aliphatic heterocycles. The highest BCUT2D eigenvalue weighted by molar-refractivity contribution is 6.30. The molecule has 2 saturated heterocycles. The normalized spacial score (nSPS) is 21.1. The van der Waals surface area contributed by atoms with Crippen molar-refractivity contribution in [3.8, 4) is 0 Å². The molecule has 1 aliphatic carbocycles. The number of carbonyl (C=O) groups excluding carboxylic acids is 4. The maximum absolute atomic E-state index is 14.3. The molecule has 3 fully saturated rings. The number of amides is 4. The SMILES string of the molecule is O=C(CN1CN(c2ccccc2)C2(CCN(C(=O)[C@@H](NC(=O)[C@H]3Cc4ccccc4CN3)c3ccc(Cl)cc3)CC2)C1=O)NC1CCCCC1. The van der Waals surface area contributed by atoms with Crippen molar-refractivity contribution in [1.29, 1.82) is 0 Å². The molecule has 10 nitrogen and oxygen atoms in total. The summed E-state index contributed by atoms with van der Waals surface area (Å²) in [7, 11) is 0. The molecular weight excluding hydrogens is 652 g/mol. The number of nitrogens with zero attached hydrogens (tertiary/aromatic N) is 3. The van der Waals surface area contributed by atoms with Crippen LogP contribution in [0, 0.1) is 0 Å². The lowest BCUT2D eigenvalue weighted by molar-refractivity contribution is -0.142. The molecule has 0 aromatic heterocycles. The zero-order valence-electron chi connectivity index (χ0n) is 28.3. The minimum Gasteiger partial charge on any atom is -0.352 e. The highest BCUT2D eigenvalue weighted by Gasteiger charge is 2.54. The predicted molar refractivity (Wildman–Crippen MR) is 192 cm³/mol. The largest absolute Gasteiger partial charge is 0.352 e. The number of fused-ring (bicyclic) bond motifs is 1. The summed E-state index contributed by atoms with van der Waals surface area (Å²) in [6.45, 7) is 1.53. The van der Waals surface area contributed by atoms with Crippen molar-refractivity contribution in [2.75, 3.05) is 31.2 Å². The number of carbonyl (C=O) groups is 4. The third-order valence-corrected chi connectivity index (χ3v) is 11.2. The van der Waals surface area contributed by atoms with Gasteiger partial charge in [-0.15, -0.1) is 0 Å². The van der Waals surface area contributed by atoms with Crippen molar-refractivity contribution in [2.45, 2.75) is 81.6 Å². The molecule has 4 amide bonds. The van der Waals surface area contributed by atoms with Crippen molar-refractivity contribution in [3.63, 3.8) is 0 Å². The molecule has 0 bridgehead atoms. The van der Waals surface area contributed by atoms with E-state index in [2.05, 4.69) is 26.9 Å². The predicted octanol–water partition coefficient (Wildman–Crippen LogP) is 4.33. The second kappa shape index (κ2) is 14.8. The lowest BCUT2D eigenvalue weighted by atomic mass is 9.85. The zero-order valence-corrected chi connectivity index (χ0v) is 29.0. The monoisotopic (exact) mass is 696 g/mol. The summed E-state index contributed by atoms with van der Waals surface area (Å²) < 4.78 is 0. The van der Waals surface area contributed by atoms with E-state index in [0.717, 1.165) is 36.9 Å². The maximum atomic E-state index is 14.3. The van der Waals surface area contributed by atoms with E-state index >= 15 is 0 Å². The van der Waals surface area contributed by atoms with Crippen molar-refractivity contribution in [3.05, 3.63) is 101 Å². The summed E-state index contributed by atoms with van der Waals surface area (Å²) >= 11 is 6.20. The molecule has 7 rings (SSSR count). The first-order chi connectivity index (χ1) is 24.3. The van der Waals surface area contributed by atoms with Crippen molar-refractivity contribution in [1.82, 2.24) is 25.8 Å². The molecule has 50 heavy (non-hydrogen) atoms. The van der Waals surface area contributed by atoms with Gasteiger partial charge in [0.05, 0.1) is 12.7 Å². The van der Waals surface area contributed by atoms with Crippen LogP contribution in [0.25, 0.3) is 0 Å². The lowest BCUT2D eigenvalue weighted by Crippen LogP contribution is -2.59. The van der Waals surface area contributed by atoms with E-state index in [1.807, 2.05) is 48.5 Å². The third-order valence-electron chi connectivity index (χ3n) is 10.9. The Morgan fingerprint density at radius 1 is 0.880 bits per heavy atom. The molecule has 3 aromatic carbocycles. The molecule has 3 N–H and O–H groups in total. The fraction of sp³-hybridized carbons (Fsp3) is 0.436. The Morgan fingerprint density at radius 3 is 2.28 bits per heavy atom. The fourth-order valence-electron chi connectivity index (χ4n) is 8.12. The van der Waals surface area contributed by atoms with E-state index in [0.29, 0.717) is 56.2 Å². The highest BCUT2D eigenvalue weighted by Crippen LogP contribution is 2.40. The van der Waals surface area contributed by atoms with Gasteiger partial charge in [0, 0.05) is 36.4 Å². The summed E-state index contributed by atoms with van der Waals surface area (Å²) in [5, 5.41) is 10.1. The van der Waals surface area contributed by atoms with Crippen LogP contribution in [-0.4, -0.2) is 77.4 Å².